The minimum absolute atomic E-state index is 0.119. The van der Waals surface area contributed by atoms with Gasteiger partial charge in [0.1, 0.15) is 0 Å². The van der Waals surface area contributed by atoms with E-state index < -0.39 is 23.3 Å². The molecule has 0 bridgehead atoms. The summed E-state index contributed by atoms with van der Waals surface area (Å²) in [6.45, 7) is 1.89. The molecule has 0 aliphatic carbocycles. The van der Waals surface area contributed by atoms with E-state index in [1.54, 1.807) is 24.7 Å². The van der Waals surface area contributed by atoms with Crippen molar-refractivity contribution in [3.63, 3.8) is 0 Å². The fraction of sp³-hybridized carbons (Fsp3) is 0.333. The molecule has 0 aliphatic rings. The molecule has 1 N–H and O–H groups in total. The summed E-state index contributed by atoms with van der Waals surface area (Å²) in [6.07, 6.45) is -2.92. The molecule has 5 nitrogen and oxygen atoms in total. The molecule has 0 unspecified atom stereocenters. The first-order chi connectivity index (χ1) is 9.18. The number of aryl methyl sites for hydroxylation is 2. The Bertz CT molecular complexity index is 655. The lowest BCUT2D eigenvalue weighted by molar-refractivity contribution is -0.138. The molecule has 2 aromatic heterocycles. The van der Waals surface area contributed by atoms with Crippen LogP contribution >= 0.6 is 0 Å². The van der Waals surface area contributed by atoms with Crippen LogP contribution in [0.25, 0.3) is 0 Å². The second kappa shape index (κ2) is 4.69. The molecule has 0 saturated carbocycles. The Labute approximate surface area is 112 Å². The van der Waals surface area contributed by atoms with E-state index in [2.05, 4.69) is 5.10 Å². The summed E-state index contributed by atoms with van der Waals surface area (Å²) in [7, 11) is 1.68. The number of hydrogen-bond acceptors (Lipinski definition) is 2. The first-order valence-corrected chi connectivity index (χ1v) is 5.68. The first-order valence-electron chi connectivity index (χ1n) is 5.68. The Morgan fingerprint density at radius 2 is 2.05 bits per heavy atom. The van der Waals surface area contributed by atoms with E-state index in [4.69, 9.17) is 5.11 Å². The lowest BCUT2D eigenvalue weighted by atomic mass is 10.2. The SMILES string of the molecule is Cc1cc(Cn2cc(C(=O)O)c(C(F)(F)F)c2)n(C)n1. The van der Waals surface area contributed by atoms with E-state index in [-0.39, 0.29) is 6.54 Å². The first kappa shape index (κ1) is 14.2. The fourth-order valence-electron chi connectivity index (χ4n) is 1.99. The monoisotopic (exact) mass is 287 g/mol. The maximum absolute atomic E-state index is 12.8. The summed E-state index contributed by atoms with van der Waals surface area (Å²) in [6, 6.07) is 1.73. The van der Waals surface area contributed by atoms with Gasteiger partial charge in [0.25, 0.3) is 0 Å². The lowest BCUT2D eigenvalue weighted by Crippen LogP contribution is -2.09. The lowest BCUT2D eigenvalue weighted by Gasteiger charge is -2.05. The normalized spacial score (nSPS) is 11.8. The van der Waals surface area contributed by atoms with Crippen molar-refractivity contribution in [3.05, 3.63) is 41.0 Å². The van der Waals surface area contributed by atoms with Crippen molar-refractivity contribution in [2.75, 3.05) is 0 Å². The molecule has 2 aromatic rings. The molecule has 0 aliphatic heterocycles. The van der Waals surface area contributed by atoms with Crippen molar-refractivity contribution >= 4 is 5.97 Å². The van der Waals surface area contributed by atoms with Crippen LogP contribution in [-0.2, 0) is 19.8 Å². The minimum Gasteiger partial charge on any atom is -0.478 e. The van der Waals surface area contributed by atoms with Crippen LogP contribution < -0.4 is 0 Å². The van der Waals surface area contributed by atoms with E-state index in [9.17, 15) is 18.0 Å². The second-order valence-corrected chi connectivity index (χ2v) is 4.46. The van der Waals surface area contributed by atoms with Crippen LogP contribution in [0.1, 0.15) is 27.3 Å². The fourth-order valence-corrected chi connectivity index (χ4v) is 1.99. The number of aromatic nitrogens is 3. The molecule has 0 fully saturated rings. The largest absolute Gasteiger partial charge is 0.478 e. The predicted octanol–water partition coefficient (Wildman–Crippen LogP) is 2.30. The van der Waals surface area contributed by atoms with Crippen LogP contribution in [0.15, 0.2) is 18.5 Å². The molecule has 2 rings (SSSR count). The Balaban J connectivity index is 2.39. The van der Waals surface area contributed by atoms with Gasteiger partial charge in [-0.3, -0.25) is 4.68 Å². The van der Waals surface area contributed by atoms with Crippen molar-refractivity contribution in [2.24, 2.45) is 7.05 Å². The van der Waals surface area contributed by atoms with Gasteiger partial charge in [0.15, 0.2) is 0 Å². The average molecular weight is 287 g/mol. The third-order valence-corrected chi connectivity index (χ3v) is 2.86. The van der Waals surface area contributed by atoms with Gasteiger partial charge < -0.3 is 9.67 Å². The maximum atomic E-state index is 12.8. The topological polar surface area (TPSA) is 60.1 Å². The zero-order chi connectivity index (χ0) is 15.1. The third-order valence-electron chi connectivity index (χ3n) is 2.86. The number of hydrogen-bond donors (Lipinski definition) is 1. The summed E-state index contributed by atoms with van der Waals surface area (Å²) in [5.74, 6) is -1.60. The van der Waals surface area contributed by atoms with Crippen LogP contribution in [-0.4, -0.2) is 25.4 Å². The number of aromatic carboxylic acids is 1. The molecule has 0 atom stereocenters. The van der Waals surface area contributed by atoms with Gasteiger partial charge in [-0.2, -0.15) is 18.3 Å². The molecule has 0 radical (unpaired) electrons. The Hall–Kier alpha value is -2.25. The number of nitrogens with zero attached hydrogens (tertiary/aromatic N) is 3. The van der Waals surface area contributed by atoms with Gasteiger partial charge >= 0.3 is 12.1 Å². The number of halogens is 3. The van der Waals surface area contributed by atoms with E-state index in [0.29, 0.717) is 5.69 Å². The van der Waals surface area contributed by atoms with E-state index >= 15 is 0 Å². The van der Waals surface area contributed by atoms with Crippen LogP contribution in [0, 0.1) is 6.92 Å². The van der Waals surface area contributed by atoms with Crippen molar-refractivity contribution in [1.29, 1.82) is 0 Å². The number of carboxylic acids is 1. The van der Waals surface area contributed by atoms with Crippen molar-refractivity contribution in [1.82, 2.24) is 14.3 Å². The van der Waals surface area contributed by atoms with Crippen molar-refractivity contribution in [3.8, 4) is 0 Å². The molecular formula is C12H12F3N3O2. The molecule has 20 heavy (non-hydrogen) atoms. The summed E-state index contributed by atoms with van der Waals surface area (Å²) in [5, 5.41) is 12.9. The van der Waals surface area contributed by atoms with Gasteiger partial charge in [0.05, 0.1) is 29.1 Å². The number of carbonyl (C=O) groups is 1. The van der Waals surface area contributed by atoms with Crippen LogP contribution in [0.5, 0.6) is 0 Å². The zero-order valence-electron chi connectivity index (χ0n) is 10.8. The van der Waals surface area contributed by atoms with E-state index in [1.807, 2.05) is 0 Å². The molecule has 108 valence electrons. The Morgan fingerprint density at radius 1 is 1.40 bits per heavy atom. The van der Waals surface area contributed by atoms with E-state index in [1.165, 1.54) is 4.57 Å². The van der Waals surface area contributed by atoms with Gasteiger partial charge in [0, 0.05) is 19.4 Å². The molecule has 8 heteroatoms. The highest BCUT2D eigenvalue weighted by Gasteiger charge is 2.37. The molecule has 0 spiro atoms. The highest BCUT2D eigenvalue weighted by molar-refractivity contribution is 5.89. The van der Waals surface area contributed by atoms with Crippen molar-refractivity contribution in [2.45, 2.75) is 19.6 Å². The molecule has 0 aromatic carbocycles. The molecule has 0 saturated heterocycles. The highest BCUT2D eigenvalue weighted by atomic mass is 19.4. The molecular weight excluding hydrogens is 275 g/mol. The van der Waals surface area contributed by atoms with Gasteiger partial charge in [-0.15, -0.1) is 0 Å². The van der Waals surface area contributed by atoms with Crippen molar-refractivity contribution < 1.29 is 23.1 Å². The van der Waals surface area contributed by atoms with Gasteiger partial charge in [-0.25, -0.2) is 4.79 Å². The zero-order valence-corrected chi connectivity index (χ0v) is 10.8. The second-order valence-electron chi connectivity index (χ2n) is 4.46. The Kier molecular flexibility index (Phi) is 3.33. The standard InChI is InChI=1S/C12H12F3N3O2/c1-7-3-8(17(2)16-7)4-18-5-9(11(19)20)10(6-18)12(13,14)15/h3,5-6H,4H2,1-2H3,(H,19,20). The van der Waals surface area contributed by atoms with Gasteiger partial charge in [0.2, 0.25) is 0 Å². The molecule has 0 amide bonds. The number of rotatable bonds is 3. The third kappa shape index (κ3) is 2.68. The van der Waals surface area contributed by atoms with Gasteiger partial charge in [-0.1, -0.05) is 0 Å². The summed E-state index contributed by atoms with van der Waals surface area (Å²) >= 11 is 0. The Morgan fingerprint density at radius 3 is 2.45 bits per heavy atom. The summed E-state index contributed by atoms with van der Waals surface area (Å²) in [4.78, 5) is 10.9. The average Bonchev–Trinajstić information content (AvgIpc) is 2.83. The van der Waals surface area contributed by atoms with E-state index in [0.717, 1.165) is 18.1 Å². The maximum Gasteiger partial charge on any atom is 0.418 e. The number of carboxylic acid groups (broad SMARTS) is 1. The smallest absolute Gasteiger partial charge is 0.418 e. The predicted molar refractivity (Wildman–Crippen MR) is 63.4 cm³/mol. The highest BCUT2D eigenvalue weighted by Crippen LogP contribution is 2.32. The molecule has 2 heterocycles. The van der Waals surface area contributed by atoms with Gasteiger partial charge in [-0.05, 0) is 13.0 Å². The summed E-state index contributed by atoms with van der Waals surface area (Å²) in [5.41, 5.74) is -0.479. The van der Waals surface area contributed by atoms with Crippen LogP contribution in [0.3, 0.4) is 0 Å². The van der Waals surface area contributed by atoms with Crippen LogP contribution in [0.2, 0.25) is 0 Å². The summed E-state index contributed by atoms with van der Waals surface area (Å²) < 4.78 is 41.0. The quantitative estimate of drug-likeness (QED) is 0.942. The minimum atomic E-state index is -4.69. The number of alkyl halides is 3. The van der Waals surface area contributed by atoms with Crippen LogP contribution in [0.4, 0.5) is 13.2 Å².